The highest BCUT2D eigenvalue weighted by molar-refractivity contribution is 5.17. The van der Waals surface area contributed by atoms with Gasteiger partial charge in [-0.05, 0) is 30.2 Å². The second-order valence-electron chi connectivity index (χ2n) is 9.29. The summed E-state index contributed by atoms with van der Waals surface area (Å²) in [7, 11) is 0. The lowest BCUT2D eigenvalue weighted by Gasteiger charge is -2.21. The Morgan fingerprint density at radius 3 is 1.38 bits per heavy atom. The summed E-state index contributed by atoms with van der Waals surface area (Å²) >= 11 is 0. The van der Waals surface area contributed by atoms with Crippen LogP contribution in [-0.2, 0) is 13.1 Å². The first kappa shape index (κ1) is 26.2. The maximum absolute atomic E-state index is 2.44. The van der Waals surface area contributed by atoms with Crippen LogP contribution >= 0.6 is 0 Å². The van der Waals surface area contributed by atoms with E-state index in [4.69, 9.17) is 0 Å². The predicted octanol–water partition coefficient (Wildman–Crippen LogP) is 9.68. The smallest absolute Gasteiger partial charge is 0.0427 e. The average Bonchev–Trinajstić information content (AvgIpc) is 2.83. The zero-order valence-electron chi connectivity index (χ0n) is 20.7. The lowest BCUT2D eigenvalue weighted by Crippen LogP contribution is -2.16. The van der Waals surface area contributed by atoms with Gasteiger partial charge in [-0.3, -0.25) is 0 Å². The molecule has 2 aromatic carbocycles. The van der Waals surface area contributed by atoms with Crippen LogP contribution in [0.3, 0.4) is 0 Å². The Morgan fingerprint density at radius 2 is 0.938 bits per heavy atom. The molecule has 0 fully saturated rings. The van der Waals surface area contributed by atoms with Gasteiger partial charge >= 0.3 is 0 Å². The molecule has 0 aliphatic heterocycles. The molecule has 0 N–H and O–H groups in total. The number of unbranched alkanes of at least 4 members (excludes halogenated alkanes) is 13. The second-order valence-corrected chi connectivity index (χ2v) is 9.29. The number of hydrogen-bond donors (Lipinski definition) is 0. The van der Waals surface area contributed by atoms with Crippen molar-refractivity contribution in [3.63, 3.8) is 0 Å². The van der Waals surface area contributed by atoms with Crippen LogP contribution in [0.4, 0.5) is 0 Å². The Labute approximate surface area is 198 Å². The molecule has 1 heteroatoms. The summed E-state index contributed by atoms with van der Waals surface area (Å²) in [5, 5.41) is 0. The zero-order valence-corrected chi connectivity index (χ0v) is 20.7. The van der Waals surface area contributed by atoms with E-state index < -0.39 is 0 Å². The number of rotatable bonds is 19. The molecule has 32 heavy (non-hydrogen) atoms. The fraction of sp³-hybridized carbons (Fsp3) is 0.548. The van der Waals surface area contributed by atoms with E-state index >= 15 is 0 Å². The minimum absolute atomic E-state index is 0.963. The molecular weight excluding hydrogens is 386 g/mol. The van der Waals surface area contributed by atoms with Crippen molar-refractivity contribution in [2.45, 2.75) is 110 Å². The van der Waals surface area contributed by atoms with Crippen LogP contribution in [0.15, 0.2) is 72.9 Å². The maximum atomic E-state index is 2.44. The number of allylic oxidation sites excluding steroid dienone is 1. The van der Waals surface area contributed by atoms with Gasteiger partial charge in [-0.15, -0.1) is 0 Å². The van der Waals surface area contributed by atoms with Crippen LogP contribution in [0.2, 0.25) is 0 Å². The van der Waals surface area contributed by atoms with E-state index in [1.54, 1.807) is 0 Å². The first-order valence-electron chi connectivity index (χ1n) is 13.4. The van der Waals surface area contributed by atoms with Crippen molar-refractivity contribution in [1.29, 1.82) is 0 Å². The van der Waals surface area contributed by atoms with Crippen LogP contribution in [0, 0.1) is 0 Å². The van der Waals surface area contributed by atoms with Crippen molar-refractivity contribution in [3.8, 4) is 0 Å². The van der Waals surface area contributed by atoms with Gasteiger partial charge in [0, 0.05) is 13.1 Å². The van der Waals surface area contributed by atoms with Crippen molar-refractivity contribution in [1.82, 2.24) is 4.90 Å². The summed E-state index contributed by atoms with van der Waals surface area (Å²) in [5.41, 5.74) is 2.74. The number of benzene rings is 2. The van der Waals surface area contributed by atoms with Crippen molar-refractivity contribution in [2.24, 2.45) is 0 Å². The highest BCUT2D eigenvalue weighted by Gasteiger charge is 2.02. The van der Waals surface area contributed by atoms with Crippen LogP contribution in [0.25, 0.3) is 0 Å². The van der Waals surface area contributed by atoms with Gasteiger partial charge in [-0.1, -0.05) is 151 Å². The van der Waals surface area contributed by atoms with Crippen molar-refractivity contribution in [2.75, 3.05) is 0 Å². The topological polar surface area (TPSA) is 3.24 Å². The highest BCUT2D eigenvalue weighted by Crippen LogP contribution is 2.14. The third-order valence-electron chi connectivity index (χ3n) is 6.25. The van der Waals surface area contributed by atoms with E-state index in [9.17, 15) is 0 Å². The molecule has 1 nitrogen and oxygen atoms in total. The van der Waals surface area contributed by atoms with Gasteiger partial charge in [0.2, 0.25) is 0 Å². The van der Waals surface area contributed by atoms with Gasteiger partial charge in [-0.25, -0.2) is 0 Å². The molecule has 0 unspecified atom stereocenters. The first-order chi connectivity index (χ1) is 15.9. The van der Waals surface area contributed by atoms with Crippen molar-refractivity contribution >= 4 is 0 Å². The normalized spacial score (nSPS) is 11.3. The van der Waals surface area contributed by atoms with Crippen LogP contribution in [-0.4, -0.2) is 4.90 Å². The molecule has 0 aliphatic rings. The molecule has 0 heterocycles. The Kier molecular flexibility index (Phi) is 15.2. The van der Waals surface area contributed by atoms with E-state index in [0.29, 0.717) is 0 Å². The van der Waals surface area contributed by atoms with Gasteiger partial charge in [-0.2, -0.15) is 0 Å². The predicted molar refractivity (Wildman–Crippen MR) is 142 cm³/mol. The standard InChI is InChI=1S/C31H47N/c1-2-3-4-5-6-7-8-9-10-11-12-13-14-15-22-27-32(28-30-23-18-16-19-24-30)29-31-25-20-17-21-26-31/h16-27H,2-15,28-29H2,1H3/b27-22-. The summed E-state index contributed by atoms with van der Waals surface area (Å²) < 4.78 is 0. The van der Waals surface area contributed by atoms with Crippen molar-refractivity contribution < 1.29 is 0 Å². The van der Waals surface area contributed by atoms with Gasteiger partial charge < -0.3 is 4.90 Å². The third-order valence-corrected chi connectivity index (χ3v) is 6.25. The van der Waals surface area contributed by atoms with Crippen LogP contribution in [0.1, 0.15) is 108 Å². The minimum Gasteiger partial charge on any atom is -0.369 e. The van der Waals surface area contributed by atoms with E-state index in [1.165, 1.54) is 101 Å². The monoisotopic (exact) mass is 433 g/mol. The minimum atomic E-state index is 0.963. The molecule has 0 bridgehead atoms. The fourth-order valence-corrected chi connectivity index (χ4v) is 4.30. The largest absolute Gasteiger partial charge is 0.369 e. The second kappa shape index (κ2) is 18.5. The molecule has 0 saturated heterocycles. The lowest BCUT2D eigenvalue weighted by molar-refractivity contribution is 0.360. The number of hydrogen-bond acceptors (Lipinski definition) is 1. The van der Waals surface area contributed by atoms with Crippen molar-refractivity contribution in [3.05, 3.63) is 84.1 Å². The number of nitrogens with zero attached hydrogens (tertiary/aromatic N) is 1. The van der Waals surface area contributed by atoms with E-state index in [0.717, 1.165) is 13.1 Å². The lowest BCUT2D eigenvalue weighted by atomic mass is 10.0. The molecule has 0 amide bonds. The molecular formula is C31H47N. The third kappa shape index (κ3) is 13.4. The summed E-state index contributed by atoms with van der Waals surface area (Å²) in [6.07, 6.45) is 24.3. The molecule has 0 radical (unpaired) electrons. The molecule has 176 valence electrons. The molecule has 2 aromatic rings. The van der Waals surface area contributed by atoms with Gasteiger partial charge in [0.1, 0.15) is 0 Å². The fourth-order valence-electron chi connectivity index (χ4n) is 4.30. The Balaban J connectivity index is 1.55. The highest BCUT2D eigenvalue weighted by atomic mass is 15.1. The SMILES string of the molecule is CCCCCCCCCCCCCCC/C=C\N(Cc1ccccc1)Cc1ccccc1. The molecule has 0 spiro atoms. The molecule has 0 atom stereocenters. The van der Waals surface area contributed by atoms with Gasteiger partial charge in [0.15, 0.2) is 0 Å². The Morgan fingerprint density at radius 1 is 0.531 bits per heavy atom. The summed E-state index contributed by atoms with van der Waals surface area (Å²) in [4.78, 5) is 2.44. The average molecular weight is 434 g/mol. The summed E-state index contributed by atoms with van der Waals surface area (Å²) in [6.45, 7) is 4.22. The van der Waals surface area contributed by atoms with Gasteiger partial charge in [0.05, 0.1) is 0 Å². The summed E-state index contributed by atoms with van der Waals surface area (Å²) in [5.74, 6) is 0. The van der Waals surface area contributed by atoms with Gasteiger partial charge in [0.25, 0.3) is 0 Å². The van der Waals surface area contributed by atoms with E-state index in [-0.39, 0.29) is 0 Å². The zero-order chi connectivity index (χ0) is 22.5. The Hall–Kier alpha value is -2.02. The molecule has 0 aliphatic carbocycles. The van der Waals surface area contributed by atoms with E-state index in [1.807, 2.05) is 0 Å². The van der Waals surface area contributed by atoms with E-state index in [2.05, 4.69) is 84.8 Å². The van der Waals surface area contributed by atoms with Crippen LogP contribution < -0.4 is 0 Å². The quantitative estimate of drug-likeness (QED) is 0.199. The molecule has 0 saturated carbocycles. The first-order valence-corrected chi connectivity index (χ1v) is 13.4. The summed E-state index contributed by atoms with van der Waals surface area (Å²) in [6, 6.07) is 21.6. The van der Waals surface area contributed by atoms with Crippen LogP contribution in [0.5, 0.6) is 0 Å². The molecule has 0 aromatic heterocycles. The Bertz CT molecular complexity index is 635. The maximum Gasteiger partial charge on any atom is 0.0427 e. The molecule has 2 rings (SSSR count).